The van der Waals surface area contributed by atoms with E-state index in [2.05, 4.69) is 5.32 Å². The number of para-hydroxylation sites is 1. The summed E-state index contributed by atoms with van der Waals surface area (Å²) in [5.74, 6) is -1.94. The quantitative estimate of drug-likeness (QED) is 0.335. The van der Waals surface area contributed by atoms with Gasteiger partial charge in [0.1, 0.15) is 18.4 Å². The number of anilines is 1. The van der Waals surface area contributed by atoms with Gasteiger partial charge in [0.25, 0.3) is 10.0 Å². The molecule has 7 nitrogen and oxygen atoms in total. The van der Waals surface area contributed by atoms with Gasteiger partial charge in [-0.15, -0.1) is 0 Å². The van der Waals surface area contributed by atoms with Gasteiger partial charge in [-0.3, -0.25) is 13.9 Å². The molecule has 0 heterocycles. The summed E-state index contributed by atoms with van der Waals surface area (Å²) < 4.78 is 42.8. The van der Waals surface area contributed by atoms with E-state index in [4.69, 9.17) is 23.2 Å². The molecule has 3 rings (SSSR count). The highest BCUT2D eigenvalue weighted by Gasteiger charge is 2.33. The van der Waals surface area contributed by atoms with Crippen molar-refractivity contribution in [1.82, 2.24) is 10.2 Å². The lowest BCUT2D eigenvalue weighted by molar-refractivity contribution is -0.139. The first-order valence-electron chi connectivity index (χ1n) is 11.9. The predicted octanol–water partition coefficient (Wildman–Crippen LogP) is 5.27. The van der Waals surface area contributed by atoms with Crippen LogP contribution in [0.2, 0.25) is 10.0 Å². The Morgan fingerprint density at radius 1 is 0.974 bits per heavy atom. The zero-order valence-electron chi connectivity index (χ0n) is 20.9. The maximum atomic E-state index is 14.9. The lowest BCUT2D eigenvalue weighted by Crippen LogP contribution is -2.51. The van der Waals surface area contributed by atoms with Crippen molar-refractivity contribution in [2.75, 3.05) is 17.4 Å². The molecule has 3 aromatic rings. The van der Waals surface area contributed by atoms with Crippen molar-refractivity contribution in [2.45, 2.75) is 37.8 Å². The number of sulfonamides is 1. The first kappa shape index (κ1) is 29.4. The van der Waals surface area contributed by atoms with Gasteiger partial charge in [0.2, 0.25) is 11.8 Å². The number of nitrogens with zero attached hydrogens (tertiary/aromatic N) is 2. The van der Waals surface area contributed by atoms with Crippen LogP contribution in [0.1, 0.15) is 25.8 Å². The maximum absolute atomic E-state index is 14.9. The van der Waals surface area contributed by atoms with Crippen molar-refractivity contribution in [1.29, 1.82) is 0 Å². The molecule has 0 saturated carbocycles. The number of halogens is 3. The average molecular weight is 581 g/mol. The molecule has 0 radical (unpaired) electrons. The van der Waals surface area contributed by atoms with Gasteiger partial charge in [0, 0.05) is 13.1 Å². The lowest BCUT2D eigenvalue weighted by Gasteiger charge is -2.32. The van der Waals surface area contributed by atoms with E-state index < -0.39 is 40.2 Å². The van der Waals surface area contributed by atoms with Gasteiger partial charge in [-0.1, -0.05) is 66.5 Å². The van der Waals surface area contributed by atoms with E-state index >= 15 is 0 Å². The van der Waals surface area contributed by atoms with Gasteiger partial charge in [0.15, 0.2) is 0 Å². The van der Waals surface area contributed by atoms with Crippen LogP contribution in [0, 0.1) is 5.82 Å². The van der Waals surface area contributed by atoms with Crippen LogP contribution >= 0.6 is 23.2 Å². The Morgan fingerprint density at radius 3 is 2.26 bits per heavy atom. The summed E-state index contributed by atoms with van der Waals surface area (Å²) in [5, 5.41) is 3.34. The van der Waals surface area contributed by atoms with Crippen molar-refractivity contribution in [3.63, 3.8) is 0 Å². The van der Waals surface area contributed by atoms with Crippen LogP contribution in [0.15, 0.2) is 77.7 Å². The van der Waals surface area contributed by atoms with E-state index in [1.54, 1.807) is 31.2 Å². The average Bonchev–Trinajstić information content (AvgIpc) is 2.91. The zero-order chi connectivity index (χ0) is 27.9. The molecule has 1 N–H and O–H groups in total. The van der Waals surface area contributed by atoms with Gasteiger partial charge < -0.3 is 10.2 Å². The van der Waals surface area contributed by atoms with Crippen LogP contribution < -0.4 is 9.62 Å². The summed E-state index contributed by atoms with van der Waals surface area (Å²) in [7, 11) is -4.34. The molecular weight excluding hydrogens is 552 g/mol. The summed E-state index contributed by atoms with van der Waals surface area (Å²) in [4.78, 5) is 27.7. The van der Waals surface area contributed by atoms with Crippen molar-refractivity contribution < 1.29 is 22.4 Å². The van der Waals surface area contributed by atoms with Crippen LogP contribution in [-0.4, -0.2) is 44.3 Å². The molecule has 0 aromatic heterocycles. The SMILES string of the molecule is CCCNC(=O)C(C)N(Cc1ccc(Cl)c(Cl)c1)C(=O)CN(c1ccccc1F)S(=O)(=O)c1ccccc1. The molecule has 1 atom stereocenters. The van der Waals surface area contributed by atoms with E-state index in [1.165, 1.54) is 47.4 Å². The second-order valence-electron chi connectivity index (χ2n) is 8.51. The molecule has 1 unspecified atom stereocenters. The van der Waals surface area contributed by atoms with E-state index in [0.717, 1.165) is 10.4 Å². The fourth-order valence-corrected chi connectivity index (χ4v) is 5.46. The first-order valence-corrected chi connectivity index (χ1v) is 14.1. The van der Waals surface area contributed by atoms with Gasteiger partial charge in [0.05, 0.1) is 20.6 Å². The second-order valence-corrected chi connectivity index (χ2v) is 11.2. The molecule has 202 valence electrons. The van der Waals surface area contributed by atoms with E-state index in [-0.39, 0.29) is 22.2 Å². The highest BCUT2D eigenvalue weighted by atomic mass is 35.5. The Bertz CT molecular complexity index is 1390. The molecule has 11 heteroatoms. The molecule has 0 aliphatic heterocycles. The first-order chi connectivity index (χ1) is 18.1. The number of nitrogens with one attached hydrogen (secondary N) is 1. The zero-order valence-corrected chi connectivity index (χ0v) is 23.2. The maximum Gasteiger partial charge on any atom is 0.264 e. The van der Waals surface area contributed by atoms with Crippen molar-refractivity contribution in [3.8, 4) is 0 Å². The minimum absolute atomic E-state index is 0.0626. The van der Waals surface area contributed by atoms with Crippen molar-refractivity contribution >= 4 is 50.7 Å². The number of benzene rings is 3. The van der Waals surface area contributed by atoms with Crippen LogP contribution in [0.3, 0.4) is 0 Å². The number of rotatable bonds is 11. The normalized spacial score (nSPS) is 12.0. The van der Waals surface area contributed by atoms with Crippen LogP contribution in [-0.2, 0) is 26.2 Å². The molecule has 0 bridgehead atoms. The molecule has 3 aromatic carbocycles. The highest BCUT2D eigenvalue weighted by Crippen LogP contribution is 2.27. The summed E-state index contributed by atoms with van der Waals surface area (Å²) in [6, 6.07) is 16.5. The van der Waals surface area contributed by atoms with E-state index in [0.29, 0.717) is 23.6 Å². The van der Waals surface area contributed by atoms with Crippen LogP contribution in [0.5, 0.6) is 0 Å². The third-order valence-corrected chi connectivity index (χ3v) is 8.30. The number of hydrogen-bond acceptors (Lipinski definition) is 4. The topological polar surface area (TPSA) is 86.8 Å². The Labute approximate surface area is 232 Å². The Morgan fingerprint density at radius 2 is 1.63 bits per heavy atom. The summed E-state index contributed by atoms with van der Waals surface area (Å²) >= 11 is 12.2. The van der Waals surface area contributed by atoms with Crippen LogP contribution in [0.4, 0.5) is 10.1 Å². The molecule has 0 spiro atoms. The molecule has 0 saturated heterocycles. The van der Waals surface area contributed by atoms with Crippen molar-refractivity contribution in [3.05, 3.63) is 94.2 Å². The van der Waals surface area contributed by atoms with E-state index in [1.807, 2.05) is 6.92 Å². The van der Waals surface area contributed by atoms with Gasteiger partial charge in [-0.25, -0.2) is 12.8 Å². The Hall–Kier alpha value is -3.14. The molecule has 0 aliphatic rings. The molecule has 0 aliphatic carbocycles. The molecule has 2 amide bonds. The number of hydrogen-bond donors (Lipinski definition) is 1. The van der Waals surface area contributed by atoms with Crippen LogP contribution in [0.25, 0.3) is 0 Å². The number of carbonyl (C=O) groups excluding carboxylic acids is 2. The monoisotopic (exact) mass is 579 g/mol. The minimum Gasteiger partial charge on any atom is -0.354 e. The van der Waals surface area contributed by atoms with Gasteiger partial charge >= 0.3 is 0 Å². The largest absolute Gasteiger partial charge is 0.354 e. The Kier molecular flexibility index (Phi) is 10.1. The van der Waals surface area contributed by atoms with Gasteiger partial charge in [-0.05, 0) is 55.3 Å². The summed E-state index contributed by atoms with van der Waals surface area (Å²) in [6.07, 6.45) is 0.690. The fraction of sp³-hybridized carbons (Fsp3) is 0.259. The highest BCUT2D eigenvalue weighted by molar-refractivity contribution is 7.92. The third kappa shape index (κ3) is 7.03. The minimum atomic E-state index is -4.34. The van der Waals surface area contributed by atoms with E-state index in [9.17, 15) is 22.4 Å². The fourth-order valence-electron chi connectivity index (χ4n) is 3.70. The smallest absolute Gasteiger partial charge is 0.264 e. The summed E-state index contributed by atoms with van der Waals surface area (Å²) in [6.45, 7) is 3.03. The van der Waals surface area contributed by atoms with Crippen molar-refractivity contribution in [2.24, 2.45) is 0 Å². The second kappa shape index (κ2) is 13.1. The Balaban J connectivity index is 2.03. The number of amides is 2. The van der Waals surface area contributed by atoms with Gasteiger partial charge in [-0.2, -0.15) is 0 Å². The molecule has 38 heavy (non-hydrogen) atoms. The number of carbonyl (C=O) groups is 2. The predicted molar refractivity (Wildman–Crippen MR) is 147 cm³/mol. The molecular formula is C27H28Cl2FN3O4S. The molecule has 0 fully saturated rings. The standard InChI is InChI=1S/C27H28Cl2FN3O4S/c1-3-15-31-27(35)19(2)32(17-20-13-14-22(28)23(29)16-20)26(34)18-33(25-12-8-7-11-24(25)30)38(36,37)21-9-5-4-6-10-21/h4-14,16,19H,3,15,17-18H2,1-2H3,(H,31,35). The summed E-state index contributed by atoms with van der Waals surface area (Å²) in [5.41, 5.74) is 0.286. The lowest BCUT2D eigenvalue weighted by atomic mass is 10.1. The third-order valence-electron chi connectivity index (χ3n) is 5.78.